The monoisotopic (exact) mass is 282 g/mol. The summed E-state index contributed by atoms with van der Waals surface area (Å²) in [5, 5.41) is 0. The SMILES string of the molecule is CCOC(=O)COC(=O)CCC(=O)c1ccc(F)cc1. The molecular formula is C14H15FO5. The Kier molecular flexibility index (Phi) is 6.36. The van der Waals surface area contributed by atoms with Crippen molar-refractivity contribution in [3.63, 3.8) is 0 Å². The minimum atomic E-state index is -0.659. The number of benzene rings is 1. The third-order valence-corrected chi connectivity index (χ3v) is 2.38. The van der Waals surface area contributed by atoms with Crippen LogP contribution in [0.25, 0.3) is 0 Å². The molecule has 6 heteroatoms. The van der Waals surface area contributed by atoms with Crippen LogP contribution in [0, 0.1) is 5.82 Å². The summed E-state index contributed by atoms with van der Waals surface area (Å²) in [4.78, 5) is 33.9. The molecule has 0 spiro atoms. The summed E-state index contributed by atoms with van der Waals surface area (Å²) in [6, 6.07) is 5.04. The van der Waals surface area contributed by atoms with Crippen molar-refractivity contribution in [2.75, 3.05) is 13.2 Å². The molecule has 5 nitrogen and oxygen atoms in total. The molecule has 0 aliphatic heterocycles. The van der Waals surface area contributed by atoms with Gasteiger partial charge in [-0.25, -0.2) is 9.18 Å². The van der Waals surface area contributed by atoms with Crippen LogP contribution in [0.3, 0.4) is 0 Å². The maximum absolute atomic E-state index is 12.7. The molecule has 0 saturated heterocycles. The molecule has 0 aliphatic carbocycles. The molecule has 0 amide bonds. The zero-order chi connectivity index (χ0) is 15.0. The van der Waals surface area contributed by atoms with Crippen molar-refractivity contribution >= 4 is 17.7 Å². The largest absolute Gasteiger partial charge is 0.463 e. The summed E-state index contributed by atoms with van der Waals surface area (Å²) >= 11 is 0. The molecule has 0 bridgehead atoms. The van der Waals surface area contributed by atoms with Gasteiger partial charge in [-0.05, 0) is 31.2 Å². The Balaban J connectivity index is 2.32. The van der Waals surface area contributed by atoms with E-state index in [0.29, 0.717) is 5.56 Å². The number of rotatable bonds is 7. The van der Waals surface area contributed by atoms with Gasteiger partial charge in [0.25, 0.3) is 0 Å². The summed E-state index contributed by atoms with van der Waals surface area (Å²) in [6.07, 6.45) is -0.205. The highest BCUT2D eigenvalue weighted by Crippen LogP contribution is 2.07. The van der Waals surface area contributed by atoms with E-state index in [1.165, 1.54) is 24.3 Å². The molecule has 0 aromatic heterocycles. The van der Waals surface area contributed by atoms with Gasteiger partial charge in [0.15, 0.2) is 12.4 Å². The highest BCUT2D eigenvalue weighted by Gasteiger charge is 2.12. The second-order valence-corrected chi connectivity index (χ2v) is 3.90. The van der Waals surface area contributed by atoms with Crippen molar-refractivity contribution in [1.82, 2.24) is 0 Å². The predicted octanol–water partition coefficient (Wildman–Crippen LogP) is 1.89. The van der Waals surface area contributed by atoms with Crippen LogP contribution in [0.2, 0.25) is 0 Å². The van der Waals surface area contributed by atoms with Gasteiger partial charge in [0, 0.05) is 12.0 Å². The molecular weight excluding hydrogens is 267 g/mol. The fourth-order valence-electron chi connectivity index (χ4n) is 1.41. The number of carbonyl (C=O) groups is 3. The zero-order valence-corrected chi connectivity index (χ0v) is 11.1. The normalized spacial score (nSPS) is 9.90. The highest BCUT2D eigenvalue weighted by molar-refractivity contribution is 5.97. The van der Waals surface area contributed by atoms with Crippen molar-refractivity contribution in [2.45, 2.75) is 19.8 Å². The predicted molar refractivity (Wildman–Crippen MR) is 67.6 cm³/mol. The van der Waals surface area contributed by atoms with Crippen LogP contribution in [0.15, 0.2) is 24.3 Å². The average molecular weight is 282 g/mol. The quantitative estimate of drug-likeness (QED) is 0.564. The van der Waals surface area contributed by atoms with E-state index in [0.717, 1.165) is 0 Å². The van der Waals surface area contributed by atoms with Crippen molar-refractivity contribution in [1.29, 1.82) is 0 Å². The lowest BCUT2D eigenvalue weighted by molar-refractivity contribution is -0.158. The number of Topliss-reactive ketones (excluding diaryl/α,β-unsaturated/α-hetero) is 1. The van der Waals surface area contributed by atoms with Gasteiger partial charge in [0.05, 0.1) is 13.0 Å². The number of hydrogen-bond donors (Lipinski definition) is 0. The fourth-order valence-corrected chi connectivity index (χ4v) is 1.41. The lowest BCUT2D eigenvalue weighted by Gasteiger charge is -2.04. The Morgan fingerprint density at radius 1 is 1.00 bits per heavy atom. The first-order valence-corrected chi connectivity index (χ1v) is 6.13. The first kappa shape index (κ1) is 15.8. The van der Waals surface area contributed by atoms with Gasteiger partial charge in [-0.3, -0.25) is 9.59 Å². The number of hydrogen-bond acceptors (Lipinski definition) is 5. The van der Waals surface area contributed by atoms with Gasteiger partial charge >= 0.3 is 11.9 Å². The second-order valence-electron chi connectivity index (χ2n) is 3.90. The van der Waals surface area contributed by atoms with Gasteiger partial charge in [-0.1, -0.05) is 0 Å². The molecule has 1 aromatic carbocycles. The van der Waals surface area contributed by atoms with Crippen LogP contribution in [0.1, 0.15) is 30.1 Å². The minimum Gasteiger partial charge on any atom is -0.463 e. The van der Waals surface area contributed by atoms with E-state index in [4.69, 9.17) is 0 Å². The molecule has 0 N–H and O–H groups in total. The molecule has 0 heterocycles. The molecule has 0 atom stereocenters. The van der Waals surface area contributed by atoms with E-state index in [-0.39, 0.29) is 25.2 Å². The maximum atomic E-state index is 12.7. The van der Waals surface area contributed by atoms with E-state index in [9.17, 15) is 18.8 Å². The zero-order valence-electron chi connectivity index (χ0n) is 11.1. The van der Waals surface area contributed by atoms with Crippen LogP contribution in [-0.2, 0) is 19.1 Å². The molecule has 0 radical (unpaired) electrons. The van der Waals surface area contributed by atoms with Gasteiger partial charge in [0.2, 0.25) is 0 Å². The molecule has 108 valence electrons. The summed E-state index contributed by atoms with van der Waals surface area (Å²) < 4.78 is 21.9. The third kappa shape index (κ3) is 5.60. The van der Waals surface area contributed by atoms with Crippen LogP contribution in [0.4, 0.5) is 4.39 Å². The smallest absolute Gasteiger partial charge is 0.344 e. The van der Waals surface area contributed by atoms with Crippen LogP contribution < -0.4 is 0 Å². The number of esters is 2. The Bertz CT molecular complexity index is 481. The Labute approximate surface area is 115 Å². The lowest BCUT2D eigenvalue weighted by atomic mass is 10.1. The minimum absolute atomic E-state index is 0.0622. The van der Waals surface area contributed by atoms with E-state index >= 15 is 0 Å². The average Bonchev–Trinajstić information content (AvgIpc) is 2.43. The summed E-state index contributed by atoms with van der Waals surface area (Å²) in [5.41, 5.74) is 0.324. The molecule has 20 heavy (non-hydrogen) atoms. The summed E-state index contributed by atoms with van der Waals surface area (Å²) in [5.74, 6) is -2.02. The van der Waals surface area contributed by atoms with E-state index < -0.39 is 24.4 Å². The van der Waals surface area contributed by atoms with Crippen molar-refractivity contribution in [3.05, 3.63) is 35.6 Å². The molecule has 0 aliphatic rings. The molecule has 0 saturated carbocycles. The van der Waals surface area contributed by atoms with E-state index in [2.05, 4.69) is 9.47 Å². The first-order chi connectivity index (χ1) is 9.52. The van der Waals surface area contributed by atoms with Gasteiger partial charge < -0.3 is 9.47 Å². The molecule has 0 unspecified atom stereocenters. The number of carbonyl (C=O) groups excluding carboxylic acids is 3. The molecule has 1 rings (SSSR count). The van der Waals surface area contributed by atoms with Crippen LogP contribution in [-0.4, -0.2) is 30.9 Å². The number of ether oxygens (including phenoxy) is 2. The van der Waals surface area contributed by atoms with Gasteiger partial charge in [0.1, 0.15) is 5.82 Å². The Morgan fingerprint density at radius 2 is 1.65 bits per heavy atom. The number of halogens is 1. The standard InChI is InChI=1S/C14H15FO5/c1-2-19-14(18)9-20-13(17)8-7-12(16)10-3-5-11(15)6-4-10/h3-6H,2,7-9H2,1H3. The summed E-state index contributed by atoms with van der Waals surface area (Å²) in [7, 11) is 0. The Morgan fingerprint density at radius 3 is 2.25 bits per heavy atom. The van der Waals surface area contributed by atoms with Gasteiger partial charge in [-0.15, -0.1) is 0 Å². The number of ketones is 1. The third-order valence-electron chi connectivity index (χ3n) is 2.38. The van der Waals surface area contributed by atoms with Crippen LogP contribution >= 0.6 is 0 Å². The highest BCUT2D eigenvalue weighted by atomic mass is 19.1. The van der Waals surface area contributed by atoms with E-state index in [1.54, 1.807) is 6.92 Å². The first-order valence-electron chi connectivity index (χ1n) is 6.13. The van der Waals surface area contributed by atoms with Crippen molar-refractivity contribution in [3.8, 4) is 0 Å². The van der Waals surface area contributed by atoms with Crippen LogP contribution in [0.5, 0.6) is 0 Å². The van der Waals surface area contributed by atoms with Crippen molar-refractivity contribution < 1.29 is 28.2 Å². The molecule has 0 fully saturated rings. The molecule has 1 aromatic rings. The fraction of sp³-hybridized carbons (Fsp3) is 0.357. The summed E-state index contributed by atoms with van der Waals surface area (Å²) in [6.45, 7) is 1.39. The second kappa shape index (κ2) is 8.04. The lowest BCUT2D eigenvalue weighted by Crippen LogP contribution is -2.17. The Hall–Kier alpha value is -2.24. The van der Waals surface area contributed by atoms with Crippen molar-refractivity contribution in [2.24, 2.45) is 0 Å². The van der Waals surface area contributed by atoms with E-state index in [1.807, 2.05) is 0 Å². The topological polar surface area (TPSA) is 69.7 Å². The maximum Gasteiger partial charge on any atom is 0.344 e. The van der Waals surface area contributed by atoms with Gasteiger partial charge in [-0.2, -0.15) is 0 Å².